The molecule has 0 bridgehead atoms. The minimum Gasteiger partial charge on any atom is -1.00 e. The number of amides is 2. The molecule has 0 aliphatic carbocycles. The topological polar surface area (TPSA) is 127 Å². The zero-order valence-electron chi connectivity index (χ0n) is 22.1. The van der Waals surface area contributed by atoms with Crippen LogP contribution in [0.2, 0.25) is 0 Å². The van der Waals surface area contributed by atoms with Crippen molar-refractivity contribution >= 4 is 23.8 Å². The summed E-state index contributed by atoms with van der Waals surface area (Å²) in [6, 6.07) is 6.04. The Kier molecular flexibility index (Phi) is 12.3. The van der Waals surface area contributed by atoms with Gasteiger partial charge < -0.3 is 44.5 Å². The fourth-order valence-electron chi connectivity index (χ4n) is 6.02. The highest BCUT2D eigenvalue weighted by molar-refractivity contribution is 6.03. The van der Waals surface area contributed by atoms with E-state index in [1.54, 1.807) is 12.1 Å². The van der Waals surface area contributed by atoms with Gasteiger partial charge in [0.1, 0.15) is 38.5 Å². The number of piperidine rings is 2. The highest BCUT2D eigenvalue weighted by Crippen LogP contribution is 2.26. The molecule has 218 valence electrons. The summed E-state index contributed by atoms with van der Waals surface area (Å²) in [7, 11) is 0. The van der Waals surface area contributed by atoms with E-state index in [1.807, 2.05) is 0 Å². The van der Waals surface area contributed by atoms with Gasteiger partial charge in [0.05, 0.1) is 37.3 Å². The Morgan fingerprint density at radius 3 is 1.33 bits per heavy atom. The second kappa shape index (κ2) is 14.5. The summed E-state index contributed by atoms with van der Waals surface area (Å²) in [5.74, 6) is -2.07. The number of carbonyl (C=O) groups is 4. The van der Waals surface area contributed by atoms with E-state index < -0.39 is 24.1 Å². The highest BCUT2D eigenvalue weighted by Gasteiger charge is 2.47. The van der Waals surface area contributed by atoms with Crippen LogP contribution < -0.4 is 24.8 Å². The number of nitrogens with zero attached hydrogens (tertiary/aromatic N) is 2. The fourth-order valence-corrected chi connectivity index (χ4v) is 6.02. The van der Waals surface area contributed by atoms with Crippen LogP contribution in [0.5, 0.6) is 0 Å². The monoisotopic (exact) mass is 588 g/mol. The van der Waals surface area contributed by atoms with Crippen LogP contribution >= 0.6 is 0 Å². The van der Waals surface area contributed by atoms with Gasteiger partial charge in [-0.3, -0.25) is 8.97 Å². The third kappa shape index (κ3) is 7.77. The predicted octanol–water partition coefficient (Wildman–Crippen LogP) is -4.81. The van der Waals surface area contributed by atoms with Gasteiger partial charge in [0.15, 0.2) is 6.42 Å². The minimum atomic E-state index is -1.11. The molecular weight excluding hydrogens is 551 g/mol. The summed E-state index contributed by atoms with van der Waals surface area (Å²) >= 11 is 0. The van der Waals surface area contributed by atoms with E-state index in [4.69, 9.17) is 9.47 Å². The van der Waals surface area contributed by atoms with Gasteiger partial charge in [-0.05, 0) is 50.7 Å². The molecule has 39 heavy (non-hydrogen) atoms. The van der Waals surface area contributed by atoms with Crippen LogP contribution in [0.15, 0.2) is 24.3 Å². The van der Waals surface area contributed by atoms with Gasteiger partial charge in [0.25, 0.3) is 0 Å². The molecule has 2 saturated heterocycles. The summed E-state index contributed by atoms with van der Waals surface area (Å²) < 4.78 is 10.6. The average Bonchev–Trinajstić information content (AvgIpc) is 2.91. The van der Waals surface area contributed by atoms with Crippen molar-refractivity contribution in [3.05, 3.63) is 35.4 Å². The van der Waals surface area contributed by atoms with Crippen molar-refractivity contribution in [1.29, 1.82) is 0 Å². The van der Waals surface area contributed by atoms with E-state index >= 15 is 0 Å². The van der Waals surface area contributed by atoms with Gasteiger partial charge in [-0.25, -0.2) is 19.2 Å². The number of aliphatic hydroxyl groups excluding tert-OH is 2. The number of carbonyl (C=O) groups excluding carboxylic acids is 4. The first kappa shape index (κ1) is 33.1. The number of rotatable bonds is 0. The lowest BCUT2D eigenvalue weighted by Gasteiger charge is -2.42. The molecular formula is C27H38Cl2N2O8. The third-order valence-electron chi connectivity index (χ3n) is 8.01. The first-order valence-corrected chi connectivity index (χ1v) is 13.3. The molecule has 12 heteroatoms. The summed E-state index contributed by atoms with van der Waals surface area (Å²) in [4.78, 5) is 52.9. The Balaban J connectivity index is 0.00000267. The third-order valence-corrected chi connectivity index (χ3v) is 8.01. The fraction of sp³-hybridized carbons (Fsp3) is 0.630. The van der Waals surface area contributed by atoms with Crippen LogP contribution in [0.25, 0.3) is 0 Å². The van der Waals surface area contributed by atoms with Gasteiger partial charge in [-0.1, -0.05) is 12.1 Å². The number of hydrogen-bond acceptors (Lipinski definition) is 8. The van der Waals surface area contributed by atoms with E-state index in [0.29, 0.717) is 26.2 Å². The van der Waals surface area contributed by atoms with Crippen molar-refractivity contribution in [2.45, 2.75) is 57.2 Å². The molecule has 2 amide bonds. The second-order valence-electron chi connectivity index (χ2n) is 10.7. The molecule has 4 rings (SSSR count). The molecule has 0 radical (unpaired) electrons. The molecule has 1 aromatic rings. The number of aliphatic hydroxyl groups is 2. The van der Waals surface area contributed by atoms with Crippen LogP contribution in [0.3, 0.4) is 0 Å². The molecule has 2 atom stereocenters. The first-order chi connectivity index (χ1) is 17.7. The Hall–Kier alpha value is -2.08. The summed E-state index contributed by atoms with van der Waals surface area (Å²) in [5.41, 5.74) is -0.0164. The van der Waals surface area contributed by atoms with Crippen molar-refractivity contribution in [3.63, 3.8) is 0 Å². The quantitative estimate of drug-likeness (QED) is 0.176. The van der Waals surface area contributed by atoms with Gasteiger partial charge in [-0.2, -0.15) is 0 Å². The standard InChI is InChI=1S/C27H38N2O8.2ClH/c30-20-16-28(11-5-1-6-12-28)24(32)15-25(33)29(13-7-2-8-14-29)17-21(31)19-37-27(35)23-10-4-3-9-22(23)26(34)36-18-20;;/h3-4,9-10,20-21,30-31H,1-2,5-8,11-19H2;2*1H/q+2;;/p-2. The number of esters is 2. The molecule has 2 N–H and O–H groups in total. The lowest BCUT2D eigenvalue weighted by atomic mass is 10.0. The van der Waals surface area contributed by atoms with Crippen molar-refractivity contribution in [2.75, 3.05) is 52.5 Å². The van der Waals surface area contributed by atoms with Crippen molar-refractivity contribution in [1.82, 2.24) is 0 Å². The maximum absolute atomic E-state index is 13.7. The number of cyclic esters (lactones) is 2. The molecule has 3 heterocycles. The molecule has 2 spiro atoms. The smallest absolute Gasteiger partial charge is 0.339 e. The molecule has 10 nitrogen and oxygen atoms in total. The first-order valence-electron chi connectivity index (χ1n) is 13.3. The van der Waals surface area contributed by atoms with Crippen LogP contribution in [-0.4, -0.2) is 108 Å². The van der Waals surface area contributed by atoms with Gasteiger partial charge in [0.2, 0.25) is 0 Å². The number of quaternary nitrogens is 2. The Morgan fingerprint density at radius 1 is 0.615 bits per heavy atom. The molecule has 3 aliphatic heterocycles. The van der Waals surface area contributed by atoms with E-state index in [1.165, 1.54) is 12.1 Å². The summed E-state index contributed by atoms with van der Waals surface area (Å²) in [6.07, 6.45) is 2.65. The second-order valence-corrected chi connectivity index (χ2v) is 10.7. The molecule has 2 fully saturated rings. The number of fused-ring (bicyclic) bond motifs is 1. The summed E-state index contributed by atoms with van der Waals surface area (Å²) in [5, 5.41) is 21.6. The van der Waals surface area contributed by atoms with Crippen LogP contribution in [0.4, 0.5) is 0 Å². The normalized spacial score (nSPS) is 26.3. The molecule has 0 aromatic heterocycles. The van der Waals surface area contributed by atoms with Crippen molar-refractivity contribution in [3.8, 4) is 0 Å². The van der Waals surface area contributed by atoms with Gasteiger partial charge in [-0.15, -0.1) is 0 Å². The maximum Gasteiger partial charge on any atom is 0.339 e. The van der Waals surface area contributed by atoms with Gasteiger partial charge >= 0.3 is 23.8 Å². The summed E-state index contributed by atoms with van der Waals surface area (Å²) in [6.45, 7) is 1.48. The highest BCUT2D eigenvalue weighted by atomic mass is 35.5. The predicted molar refractivity (Wildman–Crippen MR) is 131 cm³/mol. The largest absolute Gasteiger partial charge is 1.00 e. The Morgan fingerprint density at radius 2 is 0.974 bits per heavy atom. The van der Waals surface area contributed by atoms with E-state index in [0.717, 1.165) is 38.5 Å². The van der Waals surface area contributed by atoms with Crippen LogP contribution in [0, 0.1) is 0 Å². The zero-order chi connectivity index (χ0) is 26.5. The molecule has 0 saturated carbocycles. The minimum absolute atomic E-state index is 0. The molecule has 3 aliphatic rings. The Bertz CT molecular complexity index is 946. The van der Waals surface area contributed by atoms with Gasteiger partial charge in [0, 0.05) is 0 Å². The Labute approximate surface area is 241 Å². The van der Waals surface area contributed by atoms with Crippen molar-refractivity contribution in [2.24, 2.45) is 0 Å². The van der Waals surface area contributed by atoms with E-state index in [2.05, 4.69) is 0 Å². The van der Waals surface area contributed by atoms with E-state index in [9.17, 15) is 29.4 Å². The number of ether oxygens (including phenoxy) is 2. The lowest BCUT2D eigenvalue weighted by Crippen LogP contribution is -3.00. The zero-order valence-corrected chi connectivity index (χ0v) is 23.6. The SMILES string of the molecule is O=C1OCC(O)C[N+]2(CCCCC2)C(=O)CC(=O)[N+]2(CCCCC2)CC(O)COC(=O)c2ccccc21.[Cl-].[Cl-]. The number of hydrogen-bond donors (Lipinski definition) is 2. The van der Waals surface area contributed by atoms with Crippen LogP contribution in [0.1, 0.15) is 65.7 Å². The maximum atomic E-state index is 13.7. The number of halogens is 2. The van der Waals surface area contributed by atoms with Crippen LogP contribution in [-0.2, 0) is 19.1 Å². The molecule has 1 aromatic carbocycles. The number of benzene rings is 1. The van der Waals surface area contributed by atoms with Crippen molar-refractivity contribution < 1.29 is 72.6 Å². The average molecular weight is 590 g/mol. The lowest BCUT2D eigenvalue weighted by molar-refractivity contribution is -0.871. The molecule has 2 unspecified atom stereocenters. The van der Waals surface area contributed by atoms with E-state index in [-0.39, 0.29) is 89.4 Å².